The molecule has 0 atom stereocenters. The van der Waals surface area contributed by atoms with Crippen molar-refractivity contribution in [2.75, 3.05) is 0 Å². The van der Waals surface area contributed by atoms with Crippen LogP contribution in [0.25, 0.3) is 0 Å². The number of aromatic nitrogens is 1. The zero-order chi connectivity index (χ0) is 13.9. The first kappa shape index (κ1) is 13.3. The highest BCUT2D eigenvalue weighted by Gasteiger charge is 2.18. The van der Waals surface area contributed by atoms with Crippen LogP contribution in [0.4, 0.5) is 0 Å². The second-order valence-electron chi connectivity index (χ2n) is 4.00. The number of nitrogens with zero attached hydrogens (tertiary/aromatic N) is 1. The zero-order valence-electron chi connectivity index (χ0n) is 9.81. The Balaban J connectivity index is 2.10. The SMILES string of the molecule is O=C(O)c1cc(CS(=O)(=O)Cc2ccccc2)on1. The van der Waals surface area contributed by atoms with Crippen molar-refractivity contribution in [3.8, 4) is 0 Å². The lowest BCUT2D eigenvalue weighted by Gasteiger charge is -2.01. The molecule has 2 rings (SSSR count). The highest BCUT2D eigenvalue weighted by atomic mass is 32.2. The highest BCUT2D eigenvalue weighted by molar-refractivity contribution is 7.89. The predicted octanol–water partition coefficient (Wildman–Crippen LogP) is 1.49. The fourth-order valence-corrected chi connectivity index (χ4v) is 2.95. The van der Waals surface area contributed by atoms with E-state index in [1.165, 1.54) is 0 Å². The standard InChI is InChI=1S/C12H11NO5S/c14-12(15)11-6-10(18-13-11)8-19(16,17)7-9-4-2-1-3-5-9/h1-6H,7-8H2,(H,14,15). The number of hydrogen-bond donors (Lipinski definition) is 1. The summed E-state index contributed by atoms with van der Waals surface area (Å²) in [6.07, 6.45) is 0. The van der Waals surface area contributed by atoms with Gasteiger partial charge in [-0.05, 0) is 5.56 Å². The van der Waals surface area contributed by atoms with Gasteiger partial charge >= 0.3 is 5.97 Å². The van der Waals surface area contributed by atoms with Crippen molar-refractivity contribution in [1.82, 2.24) is 5.16 Å². The second kappa shape index (κ2) is 5.23. The predicted molar refractivity (Wildman–Crippen MR) is 66.2 cm³/mol. The van der Waals surface area contributed by atoms with Crippen molar-refractivity contribution in [1.29, 1.82) is 0 Å². The average molecular weight is 281 g/mol. The third-order valence-corrected chi connectivity index (χ3v) is 3.87. The van der Waals surface area contributed by atoms with Gasteiger partial charge in [-0.3, -0.25) is 0 Å². The fraction of sp³-hybridized carbons (Fsp3) is 0.167. The van der Waals surface area contributed by atoms with Gasteiger partial charge in [-0.15, -0.1) is 0 Å². The topological polar surface area (TPSA) is 97.5 Å². The number of benzene rings is 1. The van der Waals surface area contributed by atoms with Gasteiger partial charge in [0.1, 0.15) is 5.75 Å². The summed E-state index contributed by atoms with van der Waals surface area (Å²) in [6.45, 7) is 0. The lowest BCUT2D eigenvalue weighted by Crippen LogP contribution is -2.07. The Bertz CT molecular complexity index is 675. The molecule has 1 N–H and O–H groups in total. The summed E-state index contributed by atoms with van der Waals surface area (Å²) in [7, 11) is -3.43. The number of rotatable bonds is 5. The molecule has 100 valence electrons. The minimum Gasteiger partial charge on any atom is -0.476 e. The molecular weight excluding hydrogens is 270 g/mol. The molecule has 1 aromatic carbocycles. The summed E-state index contributed by atoms with van der Waals surface area (Å²) in [5.74, 6) is -1.73. The van der Waals surface area contributed by atoms with Crippen LogP contribution in [0.3, 0.4) is 0 Å². The van der Waals surface area contributed by atoms with Gasteiger partial charge in [0.2, 0.25) is 0 Å². The molecule has 0 aliphatic heterocycles. The Hall–Kier alpha value is -2.15. The van der Waals surface area contributed by atoms with Crippen molar-refractivity contribution < 1.29 is 22.8 Å². The molecule has 0 amide bonds. The number of carboxylic acid groups (broad SMARTS) is 1. The molecular formula is C12H11NO5S. The van der Waals surface area contributed by atoms with Crippen molar-refractivity contribution in [3.05, 3.63) is 53.4 Å². The molecule has 0 bridgehead atoms. The number of aromatic carboxylic acids is 1. The first-order valence-electron chi connectivity index (χ1n) is 5.39. The van der Waals surface area contributed by atoms with Crippen LogP contribution in [0.2, 0.25) is 0 Å². The molecule has 1 heterocycles. The lowest BCUT2D eigenvalue weighted by molar-refractivity contribution is 0.0685. The Labute approximate surface area is 109 Å². The first-order chi connectivity index (χ1) is 8.96. The Morgan fingerprint density at radius 1 is 1.21 bits per heavy atom. The van der Waals surface area contributed by atoms with E-state index >= 15 is 0 Å². The summed E-state index contributed by atoms with van der Waals surface area (Å²) in [5, 5.41) is 11.9. The van der Waals surface area contributed by atoms with Crippen LogP contribution in [-0.4, -0.2) is 24.7 Å². The Morgan fingerprint density at radius 2 is 1.89 bits per heavy atom. The summed E-state index contributed by atoms with van der Waals surface area (Å²) in [5.41, 5.74) is 0.366. The van der Waals surface area contributed by atoms with E-state index in [4.69, 9.17) is 5.11 Å². The molecule has 0 aliphatic carbocycles. The number of carbonyl (C=O) groups is 1. The third kappa shape index (κ3) is 3.65. The summed E-state index contributed by atoms with van der Waals surface area (Å²) >= 11 is 0. The zero-order valence-corrected chi connectivity index (χ0v) is 10.6. The third-order valence-electron chi connectivity index (χ3n) is 2.37. The maximum absolute atomic E-state index is 11.9. The maximum Gasteiger partial charge on any atom is 0.358 e. The van der Waals surface area contributed by atoms with Gasteiger partial charge in [0, 0.05) is 6.07 Å². The summed E-state index contributed by atoms with van der Waals surface area (Å²) in [4.78, 5) is 10.6. The fourth-order valence-electron chi connectivity index (χ4n) is 1.58. The quantitative estimate of drug-likeness (QED) is 0.891. The summed E-state index contributed by atoms with van der Waals surface area (Å²) in [6, 6.07) is 9.83. The molecule has 0 spiro atoms. The van der Waals surface area contributed by atoms with E-state index in [9.17, 15) is 13.2 Å². The Kier molecular flexibility index (Phi) is 3.66. The monoisotopic (exact) mass is 281 g/mol. The van der Waals surface area contributed by atoms with Crippen LogP contribution in [-0.2, 0) is 21.3 Å². The van der Waals surface area contributed by atoms with Gasteiger partial charge in [0.15, 0.2) is 21.3 Å². The smallest absolute Gasteiger partial charge is 0.358 e. The van der Waals surface area contributed by atoms with Gasteiger partial charge in [-0.2, -0.15) is 0 Å². The highest BCUT2D eigenvalue weighted by Crippen LogP contribution is 2.13. The second-order valence-corrected chi connectivity index (χ2v) is 6.07. The molecule has 0 fully saturated rings. The van der Waals surface area contributed by atoms with Crippen LogP contribution < -0.4 is 0 Å². The molecule has 6 nitrogen and oxygen atoms in total. The first-order valence-corrected chi connectivity index (χ1v) is 7.22. The van der Waals surface area contributed by atoms with E-state index in [0.29, 0.717) is 5.56 Å². The van der Waals surface area contributed by atoms with Gasteiger partial charge in [-0.25, -0.2) is 13.2 Å². The maximum atomic E-state index is 11.9. The molecule has 7 heteroatoms. The van der Waals surface area contributed by atoms with Crippen molar-refractivity contribution in [2.24, 2.45) is 0 Å². The number of sulfone groups is 1. The molecule has 19 heavy (non-hydrogen) atoms. The van der Waals surface area contributed by atoms with Crippen LogP contribution in [0, 0.1) is 0 Å². The summed E-state index contributed by atoms with van der Waals surface area (Å²) < 4.78 is 28.5. The van der Waals surface area contributed by atoms with Gasteiger partial charge in [-0.1, -0.05) is 35.5 Å². The van der Waals surface area contributed by atoms with Crippen molar-refractivity contribution >= 4 is 15.8 Å². The van der Waals surface area contributed by atoms with E-state index in [1.54, 1.807) is 30.3 Å². The minimum absolute atomic E-state index is 0.0216. The molecule has 0 unspecified atom stereocenters. The van der Waals surface area contributed by atoms with Crippen LogP contribution in [0.1, 0.15) is 21.8 Å². The van der Waals surface area contributed by atoms with Gasteiger partial charge in [0.25, 0.3) is 0 Å². The normalized spacial score (nSPS) is 11.4. The van der Waals surface area contributed by atoms with Gasteiger partial charge < -0.3 is 9.63 Å². The van der Waals surface area contributed by atoms with Gasteiger partial charge in [0.05, 0.1) is 5.75 Å². The number of hydrogen-bond acceptors (Lipinski definition) is 5. The Morgan fingerprint density at radius 3 is 2.47 bits per heavy atom. The van der Waals surface area contributed by atoms with Crippen LogP contribution >= 0.6 is 0 Å². The number of carboxylic acids is 1. The molecule has 0 aliphatic rings. The van der Waals surface area contributed by atoms with E-state index in [0.717, 1.165) is 6.07 Å². The van der Waals surface area contributed by atoms with Crippen molar-refractivity contribution in [2.45, 2.75) is 11.5 Å². The molecule has 2 aromatic rings. The average Bonchev–Trinajstić information content (AvgIpc) is 2.77. The van der Waals surface area contributed by atoms with Crippen LogP contribution in [0.15, 0.2) is 40.9 Å². The minimum atomic E-state index is -3.43. The largest absolute Gasteiger partial charge is 0.476 e. The van der Waals surface area contributed by atoms with Crippen LogP contribution in [0.5, 0.6) is 0 Å². The molecule has 1 aromatic heterocycles. The van der Waals surface area contributed by atoms with E-state index in [-0.39, 0.29) is 23.0 Å². The lowest BCUT2D eigenvalue weighted by atomic mass is 10.2. The van der Waals surface area contributed by atoms with E-state index in [2.05, 4.69) is 9.68 Å². The van der Waals surface area contributed by atoms with E-state index in [1.807, 2.05) is 0 Å². The molecule has 0 saturated carbocycles. The molecule has 0 saturated heterocycles. The molecule has 0 radical (unpaired) electrons. The van der Waals surface area contributed by atoms with Crippen molar-refractivity contribution in [3.63, 3.8) is 0 Å². The van der Waals surface area contributed by atoms with E-state index < -0.39 is 15.8 Å².